The standard InChI is InChI=1S/C8H8FN3OS/c1-5-3-7(8(13)10-4-14)12(11-5)6(2)9/h3,6H,1-2H3. The summed E-state index contributed by atoms with van der Waals surface area (Å²) in [5, 5.41) is 5.75. The Hall–Kier alpha value is -1.39. The molecule has 0 aliphatic carbocycles. The molecule has 74 valence electrons. The molecule has 14 heavy (non-hydrogen) atoms. The summed E-state index contributed by atoms with van der Waals surface area (Å²) in [6, 6.07) is 1.45. The summed E-state index contributed by atoms with van der Waals surface area (Å²) in [4.78, 5) is 14.5. The topological polar surface area (TPSA) is 47.2 Å². The molecule has 0 fully saturated rings. The van der Waals surface area contributed by atoms with Gasteiger partial charge in [-0.15, -0.1) is 0 Å². The van der Waals surface area contributed by atoms with Gasteiger partial charge in [0.05, 0.1) is 10.9 Å². The number of hydrogen-bond donors (Lipinski definition) is 0. The van der Waals surface area contributed by atoms with Crippen LogP contribution in [0.25, 0.3) is 0 Å². The fourth-order valence-electron chi connectivity index (χ4n) is 1.05. The molecule has 0 bridgehead atoms. The number of aromatic nitrogens is 2. The quantitative estimate of drug-likeness (QED) is 0.557. The van der Waals surface area contributed by atoms with Crippen LogP contribution in [0, 0.1) is 6.92 Å². The Kier molecular flexibility index (Phi) is 3.22. The van der Waals surface area contributed by atoms with Crippen LogP contribution in [0.15, 0.2) is 11.1 Å². The molecule has 0 saturated carbocycles. The van der Waals surface area contributed by atoms with Crippen LogP contribution in [0.3, 0.4) is 0 Å². The monoisotopic (exact) mass is 213 g/mol. The van der Waals surface area contributed by atoms with Crippen molar-refractivity contribution >= 4 is 23.3 Å². The summed E-state index contributed by atoms with van der Waals surface area (Å²) in [6.07, 6.45) is -1.37. The average molecular weight is 213 g/mol. The summed E-state index contributed by atoms with van der Waals surface area (Å²) in [6.45, 7) is 2.95. The maximum atomic E-state index is 13.0. The number of alkyl halides is 1. The molecule has 0 aliphatic heterocycles. The Morgan fingerprint density at radius 3 is 3.00 bits per heavy atom. The van der Waals surface area contributed by atoms with Crippen molar-refractivity contribution in [2.24, 2.45) is 4.99 Å². The normalized spacial score (nSPS) is 11.9. The first-order valence-electron chi connectivity index (χ1n) is 3.88. The number of isothiocyanates is 1. The van der Waals surface area contributed by atoms with Crippen LogP contribution in [0.4, 0.5) is 4.39 Å². The van der Waals surface area contributed by atoms with Crippen molar-refractivity contribution in [3.8, 4) is 0 Å². The van der Waals surface area contributed by atoms with E-state index in [4.69, 9.17) is 0 Å². The van der Waals surface area contributed by atoms with E-state index in [0.717, 1.165) is 4.68 Å². The second-order valence-corrected chi connectivity index (χ2v) is 2.88. The highest BCUT2D eigenvalue weighted by molar-refractivity contribution is 7.78. The van der Waals surface area contributed by atoms with Gasteiger partial charge in [-0.05, 0) is 32.1 Å². The second-order valence-electron chi connectivity index (χ2n) is 2.70. The zero-order valence-corrected chi connectivity index (χ0v) is 8.51. The maximum Gasteiger partial charge on any atom is 0.304 e. The van der Waals surface area contributed by atoms with Gasteiger partial charge in [-0.2, -0.15) is 10.1 Å². The van der Waals surface area contributed by atoms with E-state index in [1.807, 2.05) is 5.16 Å². The van der Waals surface area contributed by atoms with Gasteiger partial charge in [0.1, 0.15) is 5.69 Å². The van der Waals surface area contributed by atoms with Crippen molar-refractivity contribution in [2.45, 2.75) is 20.1 Å². The van der Waals surface area contributed by atoms with Crippen LogP contribution in [-0.4, -0.2) is 20.8 Å². The molecule has 6 heteroatoms. The first-order chi connectivity index (χ1) is 6.56. The van der Waals surface area contributed by atoms with Gasteiger partial charge in [-0.1, -0.05) is 0 Å². The van der Waals surface area contributed by atoms with Gasteiger partial charge in [0.15, 0.2) is 6.30 Å². The summed E-state index contributed by atoms with van der Waals surface area (Å²) >= 11 is 4.28. The Bertz CT molecular complexity index is 407. The van der Waals surface area contributed by atoms with Crippen LogP contribution < -0.4 is 0 Å². The summed E-state index contributed by atoms with van der Waals surface area (Å²) in [5.41, 5.74) is 0.632. The molecule has 1 rings (SSSR count). The minimum Gasteiger partial charge on any atom is -0.264 e. The van der Waals surface area contributed by atoms with Crippen LogP contribution in [0.1, 0.15) is 29.4 Å². The molecule has 1 amide bonds. The van der Waals surface area contributed by atoms with E-state index in [-0.39, 0.29) is 5.69 Å². The predicted octanol–water partition coefficient (Wildman–Crippen LogP) is 1.92. The fourth-order valence-corrected chi connectivity index (χ4v) is 1.13. The van der Waals surface area contributed by atoms with Crippen LogP contribution in [0.5, 0.6) is 0 Å². The van der Waals surface area contributed by atoms with Gasteiger partial charge in [0.2, 0.25) is 0 Å². The summed E-state index contributed by atoms with van der Waals surface area (Å²) < 4.78 is 13.9. The lowest BCUT2D eigenvalue weighted by Gasteiger charge is -2.03. The number of aliphatic imine (C=N–C) groups is 1. The SMILES string of the molecule is Cc1cc(C(=O)N=C=S)n(C(C)F)n1. The zero-order valence-electron chi connectivity index (χ0n) is 7.69. The van der Waals surface area contributed by atoms with Gasteiger partial charge < -0.3 is 0 Å². The number of aryl methyl sites for hydroxylation is 1. The highest BCUT2D eigenvalue weighted by Crippen LogP contribution is 2.13. The van der Waals surface area contributed by atoms with Crippen molar-refractivity contribution in [3.05, 3.63) is 17.5 Å². The predicted molar refractivity (Wildman–Crippen MR) is 52.1 cm³/mol. The molecule has 1 aromatic heterocycles. The van der Waals surface area contributed by atoms with E-state index in [2.05, 4.69) is 22.3 Å². The summed E-state index contributed by atoms with van der Waals surface area (Å²) in [5.74, 6) is -0.634. The molecule has 4 nitrogen and oxygen atoms in total. The Labute approximate surface area is 85.4 Å². The molecule has 1 heterocycles. The highest BCUT2D eigenvalue weighted by atomic mass is 32.1. The van der Waals surface area contributed by atoms with E-state index in [0.29, 0.717) is 5.69 Å². The largest absolute Gasteiger partial charge is 0.304 e. The Morgan fingerprint density at radius 2 is 2.50 bits per heavy atom. The van der Waals surface area contributed by atoms with Crippen LogP contribution >= 0.6 is 12.2 Å². The molecular weight excluding hydrogens is 205 g/mol. The Morgan fingerprint density at radius 1 is 1.86 bits per heavy atom. The van der Waals surface area contributed by atoms with Crippen LogP contribution in [-0.2, 0) is 0 Å². The van der Waals surface area contributed by atoms with Crippen molar-refractivity contribution in [3.63, 3.8) is 0 Å². The molecule has 0 radical (unpaired) electrons. The van der Waals surface area contributed by atoms with Crippen LogP contribution in [0.2, 0.25) is 0 Å². The average Bonchev–Trinajstić information content (AvgIpc) is 2.48. The number of halogens is 1. The number of nitrogens with zero attached hydrogens (tertiary/aromatic N) is 3. The van der Waals surface area contributed by atoms with Crippen molar-refractivity contribution in [1.29, 1.82) is 0 Å². The third-order valence-electron chi connectivity index (χ3n) is 1.56. The lowest BCUT2D eigenvalue weighted by atomic mass is 10.3. The number of carbonyl (C=O) groups excluding carboxylic acids is 1. The number of carbonyl (C=O) groups is 1. The number of amides is 1. The van der Waals surface area contributed by atoms with E-state index in [1.54, 1.807) is 6.92 Å². The van der Waals surface area contributed by atoms with Crippen molar-refractivity contribution in [1.82, 2.24) is 9.78 Å². The maximum absolute atomic E-state index is 13.0. The molecule has 0 aliphatic rings. The molecule has 0 spiro atoms. The minimum atomic E-state index is -1.37. The van der Waals surface area contributed by atoms with Gasteiger partial charge >= 0.3 is 5.91 Å². The smallest absolute Gasteiger partial charge is 0.264 e. The van der Waals surface area contributed by atoms with E-state index >= 15 is 0 Å². The molecule has 1 aromatic rings. The molecule has 0 N–H and O–H groups in total. The molecule has 1 unspecified atom stereocenters. The van der Waals surface area contributed by atoms with Gasteiger partial charge in [-0.3, -0.25) is 4.79 Å². The number of thiocarbonyl (C=S) groups is 1. The van der Waals surface area contributed by atoms with E-state index in [9.17, 15) is 9.18 Å². The molecule has 0 aromatic carbocycles. The lowest BCUT2D eigenvalue weighted by molar-refractivity contribution is 0.0981. The zero-order chi connectivity index (χ0) is 10.7. The van der Waals surface area contributed by atoms with Gasteiger partial charge in [0.25, 0.3) is 0 Å². The van der Waals surface area contributed by atoms with Gasteiger partial charge in [-0.25, -0.2) is 9.07 Å². The molecule has 1 atom stereocenters. The van der Waals surface area contributed by atoms with Gasteiger partial charge in [0, 0.05) is 0 Å². The second kappa shape index (κ2) is 4.21. The number of hydrogen-bond acceptors (Lipinski definition) is 3. The summed E-state index contributed by atoms with van der Waals surface area (Å²) in [7, 11) is 0. The first-order valence-corrected chi connectivity index (χ1v) is 4.29. The van der Waals surface area contributed by atoms with Crippen molar-refractivity contribution in [2.75, 3.05) is 0 Å². The van der Waals surface area contributed by atoms with E-state index < -0.39 is 12.2 Å². The van der Waals surface area contributed by atoms with Crippen molar-refractivity contribution < 1.29 is 9.18 Å². The Balaban J connectivity index is 3.19. The molecular formula is C8H8FN3OS. The lowest BCUT2D eigenvalue weighted by Crippen LogP contribution is -2.10. The fraction of sp³-hybridized carbons (Fsp3) is 0.375. The van der Waals surface area contributed by atoms with E-state index in [1.165, 1.54) is 13.0 Å². The molecule has 0 saturated heterocycles. The minimum absolute atomic E-state index is 0.0786. The highest BCUT2D eigenvalue weighted by Gasteiger charge is 2.16. The third-order valence-corrected chi connectivity index (χ3v) is 1.65. The first kappa shape index (κ1) is 10.7. The number of rotatable bonds is 2. The third kappa shape index (κ3) is 2.10.